The molecule has 0 aliphatic carbocycles. The first-order valence-electron chi connectivity index (χ1n) is 4.61. The summed E-state index contributed by atoms with van der Waals surface area (Å²) in [6.45, 7) is 1.52. The molecule has 0 fully saturated rings. The normalized spacial score (nSPS) is 12.0. The molecule has 1 aromatic carbocycles. The van der Waals surface area contributed by atoms with E-state index in [2.05, 4.69) is 37.2 Å². The molecule has 92 valence electrons. The van der Waals surface area contributed by atoms with Gasteiger partial charge in [0.25, 0.3) is 0 Å². The Balaban J connectivity index is 3.22. The molecule has 5 nitrogen and oxygen atoms in total. The third kappa shape index (κ3) is 3.52. The number of benzene rings is 1. The minimum absolute atomic E-state index is 0.0137. The van der Waals surface area contributed by atoms with Crippen molar-refractivity contribution in [2.75, 3.05) is 5.32 Å². The van der Waals surface area contributed by atoms with Crippen LogP contribution in [0.25, 0.3) is 0 Å². The molecule has 0 aliphatic heterocycles. The lowest BCUT2D eigenvalue weighted by molar-refractivity contribution is -0.117. The maximum Gasteiger partial charge on any atom is 0.337 e. The Morgan fingerprint density at radius 3 is 2.47 bits per heavy atom. The number of amides is 1. The van der Waals surface area contributed by atoms with Gasteiger partial charge >= 0.3 is 5.97 Å². The molecule has 0 spiro atoms. The molecular formula is C10H10Br2N2O3. The number of anilines is 1. The molecular weight excluding hydrogens is 356 g/mol. The molecule has 0 radical (unpaired) electrons. The van der Waals surface area contributed by atoms with Crippen LogP contribution in [-0.4, -0.2) is 23.0 Å². The van der Waals surface area contributed by atoms with Gasteiger partial charge in [0.05, 0.1) is 17.3 Å². The highest BCUT2D eigenvalue weighted by atomic mass is 79.9. The summed E-state index contributed by atoms with van der Waals surface area (Å²) >= 11 is 6.37. The molecule has 1 rings (SSSR count). The molecule has 0 saturated heterocycles. The summed E-state index contributed by atoms with van der Waals surface area (Å²) in [5.41, 5.74) is 5.59. The standard InChI is InChI=1S/C10H10Br2N2O3/c1-4(13)9(15)14-8-6(10(16)17)2-5(11)3-7(8)12/h2-4H,13H2,1H3,(H,14,15)(H,16,17)/t4-/m1/s1. The summed E-state index contributed by atoms with van der Waals surface area (Å²) in [6, 6.07) is 2.33. The van der Waals surface area contributed by atoms with Gasteiger partial charge in [-0.25, -0.2) is 4.79 Å². The third-order valence-corrected chi connectivity index (χ3v) is 3.03. The van der Waals surface area contributed by atoms with Gasteiger partial charge in [-0.3, -0.25) is 4.79 Å². The lowest BCUT2D eigenvalue weighted by Gasteiger charge is -2.12. The van der Waals surface area contributed by atoms with Crippen LogP contribution in [0, 0.1) is 0 Å². The van der Waals surface area contributed by atoms with E-state index in [9.17, 15) is 9.59 Å². The Bertz CT molecular complexity index is 475. The number of nitrogens with one attached hydrogen (secondary N) is 1. The van der Waals surface area contributed by atoms with Crippen LogP contribution in [0.3, 0.4) is 0 Å². The van der Waals surface area contributed by atoms with Crippen LogP contribution in [0.4, 0.5) is 5.69 Å². The van der Waals surface area contributed by atoms with E-state index in [1.807, 2.05) is 0 Å². The molecule has 0 unspecified atom stereocenters. The van der Waals surface area contributed by atoms with Gasteiger partial charge in [-0.2, -0.15) is 0 Å². The first-order chi connectivity index (χ1) is 7.82. The van der Waals surface area contributed by atoms with Crippen molar-refractivity contribution in [2.45, 2.75) is 13.0 Å². The zero-order chi connectivity index (χ0) is 13.2. The summed E-state index contributed by atoms with van der Waals surface area (Å²) in [5, 5.41) is 11.5. The summed E-state index contributed by atoms with van der Waals surface area (Å²) in [5.74, 6) is -1.58. The zero-order valence-corrected chi connectivity index (χ0v) is 12.0. The van der Waals surface area contributed by atoms with E-state index in [1.54, 1.807) is 6.07 Å². The Morgan fingerprint density at radius 1 is 1.41 bits per heavy atom. The average molecular weight is 366 g/mol. The SMILES string of the molecule is C[C@@H](N)C(=O)Nc1c(Br)cc(Br)cc1C(=O)O. The second kappa shape index (κ2) is 5.61. The van der Waals surface area contributed by atoms with Crippen LogP contribution in [0.2, 0.25) is 0 Å². The molecule has 0 heterocycles. The second-order valence-corrected chi connectivity index (χ2v) is 5.16. The number of carbonyl (C=O) groups is 2. The second-order valence-electron chi connectivity index (χ2n) is 3.39. The Morgan fingerprint density at radius 2 is 2.00 bits per heavy atom. The van der Waals surface area contributed by atoms with E-state index in [0.29, 0.717) is 8.95 Å². The van der Waals surface area contributed by atoms with Crippen molar-refractivity contribution in [3.8, 4) is 0 Å². The van der Waals surface area contributed by atoms with Gasteiger partial charge in [-0.05, 0) is 35.0 Å². The van der Waals surface area contributed by atoms with Crippen molar-refractivity contribution in [3.63, 3.8) is 0 Å². The van der Waals surface area contributed by atoms with Crippen molar-refractivity contribution in [1.29, 1.82) is 0 Å². The molecule has 7 heteroatoms. The average Bonchev–Trinajstić information content (AvgIpc) is 2.20. The molecule has 4 N–H and O–H groups in total. The smallest absolute Gasteiger partial charge is 0.337 e. The van der Waals surface area contributed by atoms with E-state index >= 15 is 0 Å². The summed E-state index contributed by atoms with van der Waals surface area (Å²) in [4.78, 5) is 22.5. The van der Waals surface area contributed by atoms with Crippen LogP contribution in [0.15, 0.2) is 21.1 Å². The number of nitrogens with two attached hydrogens (primary N) is 1. The van der Waals surface area contributed by atoms with Crippen molar-refractivity contribution in [2.24, 2.45) is 5.73 Å². The van der Waals surface area contributed by atoms with Crippen molar-refractivity contribution < 1.29 is 14.7 Å². The van der Waals surface area contributed by atoms with Crippen LogP contribution >= 0.6 is 31.9 Å². The fraction of sp³-hybridized carbons (Fsp3) is 0.200. The number of carbonyl (C=O) groups excluding carboxylic acids is 1. The lowest BCUT2D eigenvalue weighted by Crippen LogP contribution is -2.33. The van der Waals surface area contributed by atoms with Gasteiger partial charge in [-0.15, -0.1) is 0 Å². The molecule has 17 heavy (non-hydrogen) atoms. The highest BCUT2D eigenvalue weighted by Gasteiger charge is 2.18. The number of carboxylic acid groups (broad SMARTS) is 1. The topological polar surface area (TPSA) is 92.4 Å². The molecule has 1 aromatic rings. The first-order valence-corrected chi connectivity index (χ1v) is 6.20. The van der Waals surface area contributed by atoms with Gasteiger partial charge < -0.3 is 16.2 Å². The van der Waals surface area contributed by atoms with E-state index in [0.717, 1.165) is 0 Å². The number of halogens is 2. The molecule has 0 bridgehead atoms. The highest BCUT2D eigenvalue weighted by Crippen LogP contribution is 2.30. The van der Waals surface area contributed by atoms with Crippen molar-refractivity contribution in [1.82, 2.24) is 0 Å². The quantitative estimate of drug-likeness (QED) is 0.765. The monoisotopic (exact) mass is 364 g/mol. The Kier molecular flexibility index (Phi) is 4.67. The number of hydrogen-bond acceptors (Lipinski definition) is 3. The van der Waals surface area contributed by atoms with Gasteiger partial charge in [-0.1, -0.05) is 15.9 Å². The number of carboxylic acids is 1. The van der Waals surface area contributed by atoms with Gasteiger partial charge in [0.2, 0.25) is 5.91 Å². The molecule has 0 saturated carbocycles. The molecule has 0 aliphatic rings. The van der Waals surface area contributed by atoms with Crippen LogP contribution in [0.5, 0.6) is 0 Å². The maximum absolute atomic E-state index is 11.5. The van der Waals surface area contributed by atoms with E-state index in [-0.39, 0.29) is 11.3 Å². The van der Waals surface area contributed by atoms with Crippen LogP contribution in [0.1, 0.15) is 17.3 Å². The fourth-order valence-corrected chi connectivity index (χ4v) is 2.43. The third-order valence-electron chi connectivity index (χ3n) is 1.95. The fourth-order valence-electron chi connectivity index (χ4n) is 1.11. The highest BCUT2D eigenvalue weighted by molar-refractivity contribution is 9.11. The predicted octanol–water partition coefficient (Wildman–Crippen LogP) is 2.20. The van der Waals surface area contributed by atoms with Gasteiger partial charge in [0, 0.05) is 8.95 Å². The number of hydrogen-bond donors (Lipinski definition) is 3. The van der Waals surface area contributed by atoms with Crippen molar-refractivity contribution >= 4 is 49.4 Å². The molecule has 1 amide bonds. The van der Waals surface area contributed by atoms with E-state index in [1.165, 1.54) is 13.0 Å². The van der Waals surface area contributed by atoms with Gasteiger partial charge in [0.15, 0.2) is 0 Å². The maximum atomic E-state index is 11.5. The largest absolute Gasteiger partial charge is 0.478 e. The molecule has 1 atom stereocenters. The van der Waals surface area contributed by atoms with Crippen LogP contribution in [-0.2, 0) is 4.79 Å². The lowest BCUT2D eigenvalue weighted by atomic mass is 10.1. The first kappa shape index (κ1) is 14.1. The minimum atomic E-state index is -1.13. The molecule has 0 aromatic heterocycles. The van der Waals surface area contributed by atoms with E-state index in [4.69, 9.17) is 10.8 Å². The predicted molar refractivity (Wildman–Crippen MR) is 71.1 cm³/mol. The van der Waals surface area contributed by atoms with Crippen molar-refractivity contribution in [3.05, 3.63) is 26.6 Å². The Hall–Kier alpha value is -0.920. The number of aromatic carboxylic acids is 1. The summed E-state index contributed by atoms with van der Waals surface area (Å²) in [7, 11) is 0. The number of rotatable bonds is 3. The minimum Gasteiger partial charge on any atom is -0.478 e. The summed E-state index contributed by atoms with van der Waals surface area (Å²) < 4.78 is 1.07. The van der Waals surface area contributed by atoms with E-state index < -0.39 is 17.9 Å². The van der Waals surface area contributed by atoms with Gasteiger partial charge in [0.1, 0.15) is 0 Å². The van der Waals surface area contributed by atoms with Crippen LogP contribution < -0.4 is 11.1 Å². The zero-order valence-electron chi connectivity index (χ0n) is 8.83. The summed E-state index contributed by atoms with van der Waals surface area (Å²) in [6.07, 6.45) is 0. The Labute approximate surface area is 115 Å².